The molecule has 1 saturated carbocycles. The third kappa shape index (κ3) is 2.36. The van der Waals surface area contributed by atoms with Gasteiger partial charge in [-0.1, -0.05) is 17.7 Å². The maximum atomic E-state index is 11.0. The molecule has 2 rings (SSSR count). The average Bonchev–Trinajstić information content (AvgIpc) is 2.12. The zero-order valence-corrected chi connectivity index (χ0v) is 10.8. The van der Waals surface area contributed by atoms with Crippen LogP contribution in [0, 0.1) is 32.6 Å². The van der Waals surface area contributed by atoms with Gasteiger partial charge in [0.15, 0.2) is 0 Å². The first kappa shape index (κ1) is 12.2. The normalized spacial score (nSPS) is 23.2. The molecule has 0 aliphatic heterocycles. The highest BCUT2D eigenvalue weighted by molar-refractivity contribution is 5.71. The molecule has 0 aromatic heterocycles. The lowest BCUT2D eigenvalue weighted by molar-refractivity contribution is -0.147. The largest absolute Gasteiger partial charge is 0.481 e. The minimum Gasteiger partial charge on any atom is -0.481 e. The lowest BCUT2D eigenvalue weighted by Gasteiger charge is -2.34. The van der Waals surface area contributed by atoms with Gasteiger partial charge in [0, 0.05) is 0 Å². The number of rotatable bonds is 3. The van der Waals surface area contributed by atoms with E-state index in [2.05, 4.69) is 32.9 Å². The highest BCUT2D eigenvalue weighted by atomic mass is 16.4. The van der Waals surface area contributed by atoms with Crippen molar-refractivity contribution in [1.29, 1.82) is 0 Å². The zero-order valence-electron chi connectivity index (χ0n) is 10.8. The Morgan fingerprint density at radius 3 is 2.24 bits per heavy atom. The Kier molecular flexibility index (Phi) is 3.23. The molecule has 0 heterocycles. The monoisotopic (exact) mass is 232 g/mol. The molecular formula is C15H20O2. The van der Waals surface area contributed by atoms with Crippen molar-refractivity contribution in [3.05, 3.63) is 34.4 Å². The van der Waals surface area contributed by atoms with Crippen molar-refractivity contribution < 1.29 is 9.90 Å². The molecule has 0 spiro atoms. The molecule has 0 bridgehead atoms. The van der Waals surface area contributed by atoms with Gasteiger partial charge in [0.25, 0.3) is 0 Å². The highest BCUT2D eigenvalue weighted by Gasteiger charge is 2.36. The van der Waals surface area contributed by atoms with Gasteiger partial charge in [0.05, 0.1) is 5.92 Å². The number of benzene rings is 1. The van der Waals surface area contributed by atoms with Crippen LogP contribution in [0.3, 0.4) is 0 Å². The fourth-order valence-electron chi connectivity index (χ4n) is 2.93. The van der Waals surface area contributed by atoms with Gasteiger partial charge in [0.1, 0.15) is 0 Å². The average molecular weight is 232 g/mol. The molecule has 2 atom stereocenters. The van der Waals surface area contributed by atoms with Crippen LogP contribution in [0.1, 0.15) is 35.1 Å². The van der Waals surface area contributed by atoms with Gasteiger partial charge in [-0.2, -0.15) is 0 Å². The Bertz CT molecular complexity index is 425. The van der Waals surface area contributed by atoms with E-state index in [1.807, 2.05) is 0 Å². The molecule has 1 fully saturated rings. The summed E-state index contributed by atoms with van der Waals surface area (Å²) >= 11 is 0. The van der Waals surface area contributed by atoms with E-state index in [0.717, 1.165) is 19.3 Å². The third-order valence-electron chi connectivity index (χ3n) is 4.04. The van der Waals surface area contributed by atoms with Crippen LogP contribution < -0.4 is 0 Å². The van der Waals surface area contributed by atoms with Crippen LogP contribution in [-0.2, 0) is 11.2 Å². The van der Waals surface area contributed by atoms with Crippen LogP contribution in [0.4, 0.5) is 0 Å². The Hall–Kier alpha value is -1.31. The fourth-order valence-corrected chi connectivity index (χ4v) is 2.93. The van der Waals surface area contributed by atoms with Crippen LogP contribution >= 0.6 is 0 Å². The Labute approximate surface area is 103 Å². The summed E-state index contributed by atoms with van der Waals surface area (Å²) in [5.74, 6) is -0.397. The summed E-state index contributed by atoms with van der Waals surface area (Å²) in [6.07, 6.45) is 2.84. The number of hydrogen-bond donors (Lipinski definition) is 1. The van der Waals surface area contributed by atoms with Gasteiger partial charge in [-0.15, -0.1) is 0 Å². The first-order valence-electron chi connectivity index (χ1n) is 6.28. The topological polar surface area (TPSA) is 37.3 Å². The molecule has 2 unspecified atom stereocenters. The molecule has 0 saturated heterocycles. The lowest BCUT2D eigenvalue weighted by Crippen LogP contribution is -2.34. The van der Waals surface area contributed by atoms with Crippen molar-refractivity contribution in [2.24, 2.45) is 11.8 Å². The van der Waals surface area contributed by atoms with E-state index >= 15 is 0 Å². The highest BCUT2D eigenvalue weighted by Crippen LogP contribution is 2.38. The van der Waals surface area contributed by atoms with Crippen molar-refractivity contribution in [2.75, 3.05) is 0 Å². The SMILES string of the molecule is Cc1cc(C)c(CC2CCC2C(=O)O)c(C)c1. The number of carbonyl (C=O) groups is 1. The smallest absolute Gasteiger partial charge is 0.306 e. The molecule has 2 heteroatoms. The van der Waals surface area contributed by atoms with Gasteiger partial charge in [-0.05, 0) is 62.6 Å². The summed E-state index contributed by atoms with van der Waals surface area (Å²) in [5, 5.41) is 9.06. The van der Waals surface area contributed by atoms with Crippen LogP contribution in [0.15, 0.2) is 12.1 Å². The summed E-state index contributed by atoms with van der Waals surface area (Å²) in [4.78, 5) is 11.0. The molecule has 17 heavy (non-hydrogen) atoms. The Morgan fingerprint density at radius 1 is 1.24 bits per heavy atom. The maximum absolute atomic E-state index is 11.0. The van der Waals surface area contributed by atoms with Gasteiger partial charge in [-0.25, -0.2) is 0 Å². The molecule has 92 valence electrons. The van der Waals surface area contributed by atoms with Crippen LogP contribution in [-0.4, -0.2) is 11.1 Å². The number of carboxylic acids is 1. The van der Waals surface area contributed by atoms with Crippen LogP contribution in [0.25, 0.3) is 0 Å². The molecule has 1 N–H and O–H groups in total. The summed E-state index contributed by atoms with van der Waals surface area (Å²) in [5.41, 5.74) is 5.25. The molecule has 1 aromatic carbocycles. The van der Waals surface area contributed by atoms with E-state index in [4.69, 9.17) is 5.11 Å². The van der Waals surface area contributed by atoms with Gasteiger partial charge in [-0.3, -0.25) is 4.79 Å². The molecule has 1 aliphatic carbocycles. The van der Waals surface area contributed by atoms with Crippen molar-refractivity contribution in [3.63, 3.8) is 0 Å². The standard InChI is InChI=1S/C15H20O2/c1-9-6-10(2)14(11(3)7-9)8-12-4-5-13(12)15(16)17/h6-7,12-13H,4-5,8H2,1-3H3,(H,16,17). The number of aryl methyl sites for hydroxylation is 3. The lowest BCUT2D eigenvalue weighted by atomic mass is 9.70. The van der Waals surface area contributed by atoms with Crippen molar-refractivity contribution >= 4 is 5.97 Å². The van der Waals surface area contributed by atoms with E-state index in [-0.39, 0.29) is 5.92 Å². The maximum Gasteiger partial charge on any atom is 0.306 e. The summed E-state index contributed by atoms with van der Waals surface area (Å²) in [6.45, 7) is 6.36. The Balaban J connectivity index is 2.17. The summed E-state index contributed by atoms with van der Waals surface area (Å²) in [7, 11) is 0. The van der Waals surface area contributed by atoms with Gasteiger partial charge < -0.3 is 5.11 Å². The third-order valence-corrected chi connectivity index (χ3v) is 4.04. The molecular weight excluding hydrogens is 212 g/mol. The van der Waals surface area contributed by atoms with Gasteiger partial charge >= 0.3 is 5.97 Å². The van der Waals surface area contributed by atoms with Crippen molar-refractivity contribution in [2.45, 2.75) is 40.0 Å². The summed E-state index contributed by atoms with van der Waals surface area (Å²) in [6, 6.07) is 4.38. The Morgan fingerprint density at radius 2 is 1.82 bits per heavy atom. The zero-order chi connectivity index (χ0) is 12.6. The molecule has 0 amide bonds. The number of aliphatic carboxylic acids is 1. The fraction of sp³-hybridized carbons (Fsp3) is 0.533. The van der Waals surface area contributed by atoms with E-state index in [1.54, 1.807) is 0 Å². The minimum absolute atomic E-state index is 0.116. The second-order valence-corrected chi connectivity index (χ2v) is 5.36. The first-order valence-corrected chi connectivity index (χ1v) is 6.28. The molecule has 2 nitrogen and oxygen atoms in total. The summed E-state index contributed by atoms with van der Waals surface area (Å²) < 4.78 is 0. The predicted molar refractivity (Wildman–Crippen MR) is 68.2 cm³/mol. The minimum atomic E-state index is -0.622. The molecule has 1 aromatic rings. The predicted octanol–water partition coefficient (Wildman–Crippen LogP) is 3.27. The van der Waals surface area contributed by atoms with E-state index < -0.39 is 5.97 Å². The van der Waals surface area contributed by atoms with E-state index in [1.165, 1.54) is 22.3 Å². The second kappa shape index (κ2) is 4.52. The first-order chi connectivity index (χ1) is 7.99. The number of carboxylic acid groups (broad SMARTS) is 1. The van der Waals surface area contributed by atoms with E-state index in [0.29, 0.717) is 5.92 Å². The van der Waals surface area contributed by atoms with E-state index in [9.17, 15) is 4.79 Å². The van der Waals surface area contributed by atoms with Crippen LogP contribution in [0.5, 0.6) is 0 Å². The molecule has 1 aliphatic rings. The number of hydrogen-bond acceptors (Lipinski definition) is 1. The molecule has 0 radical (unpaired) electrons. The quantitative estimate of drug-likeness (QED) is 0.868. The van der Waals surface area contributed by atoms with Crippen LogP contribution in [0.2, 0.25) is 0 Å². The van der Waals surface area contributed by atoms with Crippen molar-refractivity contribution in [3.8, 4) is 0 Å². The van der Waals surface area contributed by atoms with Crippen molar-refractivity contribution in [1.82, 2.24) is 0 Å². The second-order valence-electron chi connectivity index (χ2n) is 5.36. The van der Waals surface area contributed by atoms with Gasteiger partial charge in [0.2, 0.25) is 0 Å².